The number of hydrogen-bond acceptors (Lipinski definition) is 4. The monoisotopic (exact) mass is 367 g/mol. The average Bonchev–Trinajstić information content (AvgIpc) is 2.68. The second-order valence-electron chi connectivity index (χ2n) is 5.67. The average molecular weight is 368 g/mol. The van der Waals surface area contributed by atoms with Crippen molar-refractivity contribution in [1.82, 2.24) is 4.98 Å². The first-order valence-corrected chi connectivity index (χ1v) is 8.47. The molecule has 0 aliphatic carbocycles. The van der Waals surface area contributed by atoms with E-state index in [4.69, 9.17) is 11.6 Å². The fourth-order valence-corrected chi connectivity index (χ4v) is 2.73. The number of nitrogens with zero attached hydrogens (tertiary/aromatic N) is 1. The van der Waals surface area contributed by atoms with Crippen LogP contribution < -0.4 is 10.6 Å². The molecule has 1 aromatic heterocycles. The molecule has 132 valence electrons. The number of anilines is 2. The SMILES string of the molecule is O=C(Nc1ccc(Cl)cc1CO)c1ccccc1NCc1ccncc1. The molecule has 0 spiro atoms. The van der Waals surface area contributed by atoms with Crippen LogP contribution in [0, 0.1) is 0 Å². The van der Waals surface area contributed by atoms with Gasteiger partial charge in [0.25, 0.3) is 5.91 Å². The number of aromatic nitrogens is 1. The fourth-order valence-electron chi connectivity index (χ4n) is 2.54. The van der Waals surface area contributed by atoms with Gasteiger partial charge >= 0.3 is 0 Å². The quantitative estimate of drug-likeness (QED) is 0.613. The van der Waals surface area contributed by atoms with Gasteiger partial charge in [-0.2, -0.15) is 0 Å². The van der Waals surface area contributed by atoms with Crippen LogP contribution in [0.2, 0.25) is 5.02 Å². The molecule has 6 heteroatoms. The molecular weight excluding hydrogens is 350 g/mol. The van der Waals surface area contributed by atoms with Crippen molar-refractivity contribution < 1.29 is 9.90 Å². The summed E-state index contributed by atoms with van der Waals surface area (Å²) in [7, 11) is 0. The highest BCUT2D eigenvalue weighted by Gasteiger charge is 2.13. The van der Waals surface area contributed by atoms with Gasteiger partial charge in [-0.05, 0) is 48.0 Å². The fraction of sp³-hybridized carbons (Fsp3) is 0.100. The Morgan fingerprint density at radius 2 is 1.81 bits per heavy atom. The van der Waals surface area contributed by atoms with Gasteiger partial charge in [-0.25, -0.2) is 0 Å². The van der Waals surface area contributed by atoms with Crippen molar-refractivity contribution in [2.75, 3.05) is 10.6 Å². The maximum absolute atomic E-state index is 12.7. The van der Waals surface area contributed by atoms with Crippen molar-refractivity contribution in [3.8, 4) is 0 Å². The first kappa shape index (κ1) is 17.9. The number of aliphatic hydroxyl groups excluding tert-OH is 1. The maximum atomic E-state index is 12.7. The summed E-state index contributed by atoms with van der Waals surface area (Å²) in [5.74, 6) is -0.264. The number of carbonyl (C=O) groups is 1. The Hall–Kier alpha value is -2.89. The molecule has 1 amide bonds. The first-order chi connectivity index (χ1) is 12.7. The predicted octanol–water partition coefficient (Wildman–Crippen LogP) is 4.09. The summed E-state index contributed by atoms with van der Waals surface area (Å²) >= 11 is 5.94. The van der Waals surface area contributed by atoms with Gasteiger partial charge < -0.3 is 15.7 Å². The van der Waals surface area contributed by atoms with E-state index >= 15 is 0 Å². The lowest BCUT2D eigenvalue weighted by Crippen LogP contribution is -2.16. The van der Waals surface area contributed by atoms with Crippen LogP contribution in [0.5, 0.6) is 0 Å². The van der Waals surface area contributed by atoms with Crippen LogP contribution >= 0.6 is 11.6 Å². The van der Waals surface area contributed by atoms with Gasteiger partial charge in [0.2, 0.25) is 0 Å². The van der Waals surface area contributed by atoms with Gasteiger partial charge in [0, 0.05) is 40.9 Å². The molecule has 3 N–H and O–H groups in total. The van der Waals surface area contributed by atoms with Crippen LogP contribution in [-0.2, 0) is 13.2 Å². The van der Waals surface area contributed by atoms with Crippen molar-refractivity contribution in [1.29, 1.82) is 0 Å². The molecule has 0 saturated heterocycles. The van der Waals surface area contributed by atoms with Crippen molar-refractivity contribution in [2.24, 2.45) is 0 Å². The molecule has 0 radical (unpaired) electrons. The molecular formula is C20H18ClN3O2. The van der Waals surface area contributed by atoms with Crippen LogP contribution in [0.25, 0.3) is 0 Å². The van der Waals surface area contributed by atoms with Crippen molar-refractivity contribution >= 4 is 28.9 Å². The number of carbonyl (C=O) groups excluding carboxylic acids is 1. The van der Waals surface area contributed by atoms with Gasteiger partial charge in [0.1, 0.15) is 0 Å². The zero-order valence-corrected chi connectivity index (χ0v) is 14.7. The van der Waals surface area contributed by atoms with E-state index < -0.39 is 0 Å². The molecule has 0 aliphatic rings. The smallest absolute Gasteiger partial charge is 0.257 e. The minimum absolute atomic E-state index is 0.210. The molecule has 5 nitrogen and oxygen atoms in total. The minimum Gasteiger partial charge on any atom is -0.392 e. The number of aliphatic hydroxyl groups is 1. The standard InChI is InChI=1S/C20H18ClN3O2/c21-16-5-6-18(15(11-16)13-25)24-20(26)17-3-1-2-4-19(17)23-12-14-7-9-22-10-8-14/h1-11,23,25H,12-13H2,(H,24,26). The zero-order valence-electron chi connectivity index (χ0n) is 13.9. The van der Waals surface area contributed by atoms with E-state index in [0.29, 0.717) is 28.4 Å². The molecule has 1 heterocycles. The molecule has 0 saturated carbocycles. The van der Waals surface area contributed by atoms with Gasteiger partial charge in [0.05, 0.1) is 12.2 Å². The van der Waals surface area contributed by atoms with E-state index in [-0.39, 0.29) is 12.5 Å². The number of rotatable bonds is 6. The van der Waals surface area contributed by atoms with Crippen molar-refractivity contribution in [2.45, 2.75) is 13.2 Å². The summed E-state index contributed by atoms with van der Waals surface area (Å²) in [6.07, 6.45) is 3.46. The highest BCUT2D eigenvalue weighted by atomic mass is 35.5. The number of halogens is 1. The lowest BCUT2D eigenvalue weighted by Gasteiger charge is -2.14. The number of pyridine rings is 1. The molecule has 2 aromatic carbocycles. The minimum atomic E-state index is -0.264. The molecule has 0 unspecified atom stereocenters. The summed E-state index contributed by atoms with van der Waals surface area (Å²) in [5, 5.41) is 16.1. The lowest BCUT2D eigenvalue weighted by molar-refractivity contribution is 0.102. The van der Waals surface area contributed by atoms with E-state index in [2.05, 4.69) is 15.6 Å². The van der Waals surface area contributed by atoms with Gasteiger partial charge in [0.15, 0.2) is 0 Å². The van der Waals surface area contributed by atoms with Crippen molar-refractivity contribution in [3.05, 3.63) is 88.7 Å². The lowest BCUT2D eigenvalue weighted by atomic mass is 10.1. The van der Waals surface area contributed by atoms with E-state index in [9.17, 15) is 9.90 Å². The zero-order chi connectivity index (χ0) is 18.4. The summed E-state index contributed by atoms with van der Waals surface area (Å²) in [4.78, 5) is 16.7. The third kappa shape index (κ3) is 4.39. The Kier molecular flexibility index (Phi) is 5.84. The van der Waals surface area contributed by atoms with Gasteiger partial charge in [-0.3, -0.25) is 9.78 Å². The van der Waals surface area contributed by atoms with Crippen LogP contribution in [0.3, 0.4) is 0 Å². The van der Waals surface area contributed by atoms with E-state index in [1.54, 1.807) is 42.7 Å². The van der Waals surface area contributed by atoms with E-state index in [0.717, 1.165) is 11.3 Å². The Bertz CT molecular complexity index is 901. The number of hydrogen-bond donors (Lipinski definition) is 3. The second-order valence-corrected chi connectivity index (χ2v) is 6.10. The highest BCUT2D eigenvalue weighted by Crippen LogP contribution is 2.23. The molecule has 0 fully saturated rings. The summed E-state index contributed by atoms with van der Waals surface area (Å²) < 4.78 is 0. The third-order valence-corrected chi connectivity index (χ3v) is 4.12. The molecule has 3 rings (SSSR count). The van der Waals surface area contributed by atoms with E-state index in [1.807, 2.05) is 24.3 Å². The molecule has 26 heavy (non-hydrogen) atoms. The molecule has 0 aliphatic heterocycles. The topological polar surface area (TPSA) is 74.2 Å². The number of para-hydroxylation sites is 1. The summed E-state index contributed by atoms with van der Waals surface area (Å²) in [6, 6.07) is 16.1. The first-order valence-electron chi connectivity index (χ1n) is 8.10. The van der Waals surface area contributed by atoms with Crippen LogP contribution in [0.4, 0.5) is 11.4 Å². The van der Waals surface area contributed by atoms with Gasteiger partial charge in [-0.1, -0.05) is 23.7 Å². The normalized spacial score (nSPS) is 10.4. The Morgan fingerprint density at radius 3 is 2.58 bits per heavy atom. The van der Waals surface area contributed by atoms with Crippen LogP contribution in [0.1, 0.15) is 21.5 Å². The summed E-state index contributed by atoms with van der Waals surface area (Å²) in [5.41, 5.74) is 3.40. The molecule has 0 bridgehead atoms. The molecule has 0 atom stereocenters. The largest absolute Gasteiger partial charge is 0.392 e. The summed E-state index contributed by atoms with van der Waals surface area (Å²) in [6.45, 7) is 0.369. The maximum Gasteiger partial charge on any atom is 0.257 e. The van der Waals surface area contributed by atoms with Crippen LogP contribution in [0.15, 0.2) is 67.0 Å². The Labute approximate surface area is 156 Å². The Balaban J connectivity index is 1.77. The second kappa shape index (κ2) is 8.47. The predicted molar refractivity (Wildman–Crippen MR) is 103 cm³/mol. The number of benzene rings is 2. The third-order valence-electron chi connectivity index (χ3n) is 3.89. The van der Waals surface area contributed by atoms with Gasteiger partial charge in [-0.15, -0.1) is 0 Å². The Morgan fingerprint density at radius 1 is 1.04 bits per heavy atom. The number of nitrogens with one attached hydrogen (secondary N) is 2. The number of amides is 1. The highest BCUT2D eigenvalue weighted by molar-refractivity contribution is 6.30. The van der Waals surface area contributed by atoms with Crippen LogP contribution in [-0.4, -0.2) is 16.0 Å². The molecule has 3 aromatic rings. The van der Waals surface area contributed by atoms with E-state index in [1.165, 1.54) is 0 Å². The van der Waals surface area contributed by atoms with Crippen molar-refractivity contribution in [3.63, 3.8) is 0 Å².